The number of carbonyl (C=O) groups is 3. The predicted molar refractivity (Wildman–Crippen MR) is 78.9 cm³/mol. The number of hydrogen-bond donors (Lipinski definition) is 2. The Morgan fingerprint density at radius 1 is 1.45 bits per heavy atom. The van der Waals surface area contributed by atoms with E-state index in [1.165, 1.54) is 4.90 Å². The molecular weight excluding hydrogens is 288 g/mol. The molecule has 1 unspecified atom stereocenters. The van der Waals surface area contributed by atoms with Crippen LogP contribution in [-0.2, 0) is 14.4 Å². The van der Waals surface area contributed by atoms with Crippen molar-refractivity contribution < 1.29 is 24.2 Å². The molecule has 22 heavy (non-hydrogen) atoms. The monoisotopic (exact) mass is 306 g/mol. The highest BCUT2D eigenvalue weighted by Gasteiger charge is 2.28. The molecule has 0 aromatic heterocycles. The molecule has 7 nitrogen and oxygen atoms in total. The minimum Gasteiger partial charge on any atom is -0.482 e. The Morgan fingerprint density at radius 3 is 2.82 bits per heavy atom. The molecule has 0 saturated heterocycles. The lowest BCUT2D eigenvalue weighted by Crippen LogP contribution is -2.49. The van der Waals surface area contributed by atoms with E-state index in [1.54, 1.807) is 19.1 Å². The van der Waals surface area contributed by atoms with Crippen molar-refractivity contribution in [3.8, 4) is 5.75 Å². The molecule has 1 aliphatic rings. The maximum Gasteiger partial charge on any atom is 0.326 e. The van der Waals surface area contributed by atoms with Crippen molar-refractivity contribution >= 4 is 23.5 Å². The minimum atomic E-state index is -1.10. The first-order valence-electron chi connectivity index (χ1n) is 6.98. The number of hydrogen-bond acceptors (Lipinski definition) is 4. The van der Waals surface area contributed by atoms with Crippen molar-refractivity contribution in [3.63, 3.8) is 0 Å². The van der Waals surface area contributed by atoms with Gasteiger partial charge in [0.05, 0.1) is 5.69 Å². The van der Waals surface area contributed by atoms with Crippen LogP contribution in [0.15, 0.2) is 18.2 Å². The Morgan fingerprint density at radius 2 is 2.18 bits per heavy atom. The van der Waals surface area contributed by atoms with E-state index >= 15 is 0 Å². The van der Waals surface area contributed by atoms with Crippen molar-refractivity contribution in [3.05, 3.63) is 23.8 Å². The lowest BCUT2D eigenvalue weighted by atomic mass is 10.1. The van der Waals surface area contributed by atoms with E-state index in [2.05, 4.69) is 5.32 Å². The maximum absolute atomic E-state index is 12.0. The number of nitrogens with zero attached hydrogens (tertiary/aromatic N) is 1. The van der Waals surface area contributed by atoms with E-state index in [4.69, 9.17) is 9.84 Å². The molecule has 2 amide bonds. The first-order chi connectivity index (χ1) is 10.4. The van der Waals surface area contributed by atoms with Gasteiger partial charge in [0.2, 0.25) is 5.91 Å². The van der Waals surface area contributed by atoms with Crippen LogP contribution in [0.3, 0.4) is 0 Å². The molecule has 1 aliphatic heterocycles. The molecule has 1 atom stereocenters. The van der Waals surface area contributed by atoms with Gasteiger partial charge in [0.25, 0.3) is 5.91 Å². The largest absolute Gasteiger partial charge is 0.482 e. The first kappa shape index (κ1) is 15.8. The van der Waals surface area contributed by atoms with Gasteiger partial charge in [-0.3, -0.25) is 14.5 Å². The van der Waals surface area contributed by atoms with Crippen LogP contribution in [0.2, 0.25) is 0 Å². The van der Waals surface area contributed by atoms with E-state index in [0.717, 1.165) is 5.56 Å². The number of rotatable bonds is 5. The smallest absolute Gasteiger partial charge is 0.326 e. The summed E-state index contributed by atoms with van der Waals surface area (Å²) in [6, 6.07) is 4.36. The highest BCUT2D eigenvalue weighted by molar-refractivity contribution is 6.02. The van der Waals surface area contributed by atoms with E-state index in [0.29, 0.717) is 11.4 Å². The second-order valence-electron chi connectivity index (χ2n) is 5.11. The molecule has 7 heteroatoms. The Balaban J connectivity index is 2.14. The fourth-order valence-electron chi connectivity index (χ4n) is 2.21. The Kier molecular flexibility index (Phi) is 4.65. The molecule has 0 spiro atoms. The van der Waals surface area contributed by atoms with Crippen molar-refractivity contribution in [2.45, 2.75) is 26.3 Å². The summed E-state index contributed by atoms with van der Waals surface area (Å²) in [5.74, 6) is -1.41. The topological polar surface area (TPSA) is 95.9 Å². The number of carboxylic acids is 1. The number of benzene rings is 1. The van der Waals surface area contributed by atoms with Gasteiger partial charge in [0, 0.05) is 0 Å². The van der Waals surface area contributed by atoms with E-state index in [-0.39, 0.29) is 25.5 Å². The number of ether oxygens (including phenoxy) is 1. The third-order valence-electron chi connectivity index (χ3n) is 3.40. The number of nitrogens with one attached hydrogen (secondary N) is 1. The molecule has 0 radical (unpaired) electrons. The second kappa shape index (κ2) is 6.46. The third kappa shape index (κ3) is 3.36. The SMILES string of the molecule is CCC(NC(=O)CN1C(=O)COc2cc(C)ccc21)C(=O)O. The fraction of sp³-hybridized carbons (Fsp3) is 0.400. The van der Waals surface area contributed by atoms with Gasteiger partial charge in [-0.15, -0.1) is 0 Å². The van der Waals surface area contributed by atoms with Crippen LogP contribution in [0.1, 0.15) is 18.9 Å². The zero-order chi connectivity index (χ0) is 16.3. The Labute approximate surface area is 127 Å². The molecule has 1 heterocycles. The highest BCUT2D eigenvalue weighted by atomic mass is 16.5. The molecule has 118 valence electrons. The molecule has 0 aliphatic carbocycles. The number of carbonyl (C=O) groups excluding carboxylic acids is 2. The normalized spacial score (nSPS) is 14.8. The number of aliphatic carboxylic acids is 1. The molecule has 2 rings (SSSR count). The predicted octanol–water partition coefficient (Wildman–Crippen LogP) is 0.700. The summed E-state index contributed by atoms with van der Waals surface area (Å²) in [4.78, 5) is 36.2. The maximum atomic E-state index is 12.0. The van der Waals surface area contributed by atoms with Gasteiger partial charge < -0.3 is 15.2 Å². The van der Waals surface area contributed by atoms with E-state index in [1.807, 2.05) is 13.0 Å². The zero-order valence-electron chi connectivity index (χ0n) is 12.5. The Hall–Kier alpha value is -2.57. The van der Waals surface area contributed by atoms with Crippen LogP contribution < -0.4 is 15.0 Å². The third-order valence-corrected chi connectivity index (χ3v) is 3.40. The van der Waals surface area contributed by atoms with Crippen LogP contribution in [-0.4, -0.2) is 42.1 Å². The van der Waals surface area contributed by atoms with Gasteiger partial charge >= 0.3 is 5.97 Å². The summed E-state index contributed by atoms with van der Waals surface area (Å²) < 4.78 is 5.35. The van der Waals surface area contributed by atoms with Gasteiger partial charge in [0.15, 0.2) is 6.61 Å². The average Bonchev–Trinajstić information content (AvgIpc) is 2.47. The molecule has 0 saturated carbocycles. The quantitative estimate of drug-likeness (QED) is 0.835. The number of fused-ring (bicyclic) bond motifs is 1. The zero-order valence-corrected chi connectivity index (χ0v) is 12.5. The van der Waals surface area contributed by atoms with Crippen LogP contribution in [0.25, 0.3) is 0 Å². The summed E-state index contributed by atoms with van der Waals surface area (Å²) >= 11 is 0. The minimum absolute atomic E-state index is 0.139. The number of aryl methyl sites for hydroxylation is 1. The van der Waals surface area contributed by atoms with Crippen LogP contribution >= 0.6 is 0 Å². The second-order valence-corrected chi connectivity index (χ2v) is 5.11. The van der Waals surface area contributed by atoms with Crippen LogP contribution in [0, 0.1) is 6.92 Å². The molecule has 0 bridgehead atoms. The number of amides is 2. The molecular formula is C15H18N2O5. The summed E-state index contributed by atoms with van der Waals surface area (Å²) in [6.45, 7) is 3.19. The fourth-order valence-corrected chi connectivity index (χ4v) is 2.21. The van der Waals surface area contributed by atoms with E-state index < -0.39 is 17.9 Å². The summed E-state index contributed by atoms with van der Waals surface area (Å²) in [6.07, 6.45) is 0.272. The highest BCUT2D eigenvalue weighted by Crippen LogP contribution is 2.32. The van der Waals surface area contributed by atoms with Gasteiger partial charge in [-0.1, -0.05) is 13.0 Å². The number of anilines is 1. The van der Waals surface area contributed by atoms with Crippen molar-refractivity contribution in [1.82, 2.24) is 5.32 Å². The summed E-state index contributed by atoms with van der Waals surface area (Å²) in [5, 5.41) is 11.4. The summed E-state index contributed by atoms with van der Waals surface area (Å²) in [7, 11) is 0. The van der Waals surface area contributed by atoms with Gasteiger partial charge in [0.1, 0.15) is 18.3 Å². The lowest BCUT2D eigenvalue weighted by Gasteiger charge is -2.29. The average molecular weight is 306 g/mol. The Bertz CT molecular complexity index is 614. The van der Waals surface area contributed by atoms with E-state index in [9.17, 15) is 14.4 Å². The standard InChI is InChI=1S/C15H18N2O5/c1-3-10(15(20)21)16-13(18)7-17-11-5-4-9(2)6-12(11)22-8-14(17)19/h4-6,10H,3,7-8H2,1-2H3,(H,16,18)(H,20,21). The lowest BCUT2D eigenvalue weighted by molar-refractivity contribution is -0.141. The van der Waals surface area contributed by atoms with Crippen LogP contribution in [0.4, 0.5) is 5.69 Å². The molecule has 0 fully saturated rings. The van der Waals surface area contributed by atoms with Crippen molar-refractivity contribution in [2.75, 3.05) is 18.1 Å². The summed E-state index contributed by atoms with van der Waals surface area (Å²) in [5.41, 5.74) is 1.50. The molecule has 2 N–H and O–H groups in total. The first-order valence-corrected chi connectivity index (χ1v) is 6.98. The molecule has 1 aromatic carbocycles. The van der Waals surface area contributed by atoms with Crippen LogP contribution in [0.5, 0.6) is 5.75 Å². The number of carboxylic acid groups (broad SMARTS) is 1. The van der Waals surface area contributed by atoms with Gasteiger partial charge in [-0.05, 0) is 31.0 Å². The van der Waals surface area contributed by atoms with Crippen molar-refractivity contribution in [2.24, 2.45) is 0 Å². The molecule has 1 aromatic rings. The van der Waals surface area contributed by atoms with Gasteiger partial charge in [-0.25, -0.2) is 4.79 Å². The van der Waals surface area contributed by atoms with Gasteiger partial charge in [-0.2, -0.15) is 0 Å². The van der Waals surface area contributed by atoms with Crippen molar-refractivity contribution in [1.29, 1.82) is 0 Å².